The maximum absolute atomic E-state index is 5.54. The molecule has 3 nitrogen and oxygen atoms in total. The Bertz CT molecular complexity index is 526. The molecule has 1 aromatic heterocycles. The Morgan fingerprint density at radius 2 is 1.89 bits per heavy atom. The molecule has 3 N–H and O–H groups in total. The highest BCUT2D eigenvalue weighted by molar-refractivity contribution is 7.80. The normalized spacial score (nSPS) is 10.0. The minimum atomic E-state index is 0.321. The maximum atomic E-state index is 5.54. The third-order valence-corrected chi connectivity index (χ3v) is 2.77. The summed E-state index contributed by atoms with van der Waals surface area (Å²) in [5, 5.41) is 3.26. The van der Waals surface area contributed by atoms with E-state index in [1.54, 1.807) is 0 Å². The predicted octanol–water partition coefficient (Wildman–Crippen LogP) is 2.37. The number of rotatable bonds is 5. The first-order chi connectivity index (χ1) is 8.75. The molecule has 1 aromatic carbocycles. The smallest absolute Gasteiger partial charge is 0.126 e. The van der Waals surface area contributed by atoms with E-state index in [2.05, 4.69) is 22.4 Å². The van der Waals surface area contributed by atoms with Gasteiger partial charge in [-0.2, -0.15) is 0 Å². The van der Waals surface area contributed by atoms with Gasteiger partial charge in [-0.15, -0.1) is 0 Å². The van der Waals surface area contributed by atoms with Gasteiger partial charge < -0.3 is 11.1 Å². The van der Waals surface area contributed by atoms with Crippen LogP contribution in [0.4, 0.5) is 5.82 Å². The fourth-order valence-electron chi connectivity index (χ4n) is 1.65. The number of nitrogens with one attached hydrogen (secondary N) is 1. The highest BCUT2D eigenvalue weighted by Gasteiger charge is 1.99. The van der Waals surface area contributed by atoms with Gasteiger partial charge in [0.25, 0.3) is 0 Å². The molecule has 0 saturated heterocycles. The van der Waals surface area contributed by atoms with Gasteiger partial charge in [0.15, 0.2) is 0 Å². The quantitative estimate of drug-likeness (QED) is 0.807. The first kappa shape index (κ1) is 12.5. The van der Waals surface area contributed by atoms with Crippen LogP contribution in [0.5, 0.6) is 0 Å². The van der Waals surface area contributed by atoms with E-state index >= 15 is 0 Å². The lowest BCUT2D eigenvalue weighted by Gasteiger charge is -2.07. The van der Waals surface area contributed by atoms with Crippen molar-refractivity contribution < 1.29 is 0 Å². The van der Waals surface area contributed by atoms with Crippen molar-refractivity contribution in [3.05, 3.63) is 59.8 Å². The van der Waals surface area contributed by atoms with E-state index in [-0.39, 0.29) is 0 Å². The van der Waals surface area contributed by atoms with Crippen LogP contribution in [-0.4, -0.2) is 16.5 Å². The number of aromatic nitrogens is 1. The lowest BCUT2D eigenvalue weighted by molar-refractivity contribution is 1.01. The summed E-state index contributed by atoms with van der Waals surface area (Å²) in [6.07, 6.45) is 0.958. The van der Waals surface area contributed by atoms with E-state index in [4.69, 9.17) is 18.0 Å². The molecule has 18 heavy (non-hydrogen) atoms. The molecule has 0 aliphatic carbocycles. The Labute approximate surface area is 112 Å². The van der Waals surface area contributed by atoms with Crippen molar-refractivity contribution in [3.63, 3.8) is 0 Å². The van der Waals surface area contributed by atoms with Gasteiger partial charge in [0.1, 0.15) is 10.8 Å². The number of nitrogens with two attached hydrogens (primary N) is 1. The molecule has 0 bridgehead atoms. The molecule has 0 unspecified atom stereocenters. The molecule has 0 amide bonds. The standard InChI is InChI=1S/C14H15N3S/c15-14(18)12-7-4-8-13(17-12)16-10-9-11-5-2-1-3-6-11/h1-8H,9-10H2,(H2,15,18)(H,16,17). The topological polar surface area (TPSA) is 50.9 Å². The van der Waals surface area contributed by atoms with Crippen molar-refractivity contribution in [1.82, 2.24) is 4.98 Å². The van der Waals surface area contributed by atoms with Crippen molar-refractivity contribution in [3.8, 4) is 0 Å². The van der Waals surface area contributed by atoms with Gasteiger partial charge in [-0.1, -0.05) is 48.6 Å². The van der Waals surface area contributed by atoms with E-state index in [1.165, 1.54) is 5.56 Å². The van der Waals surface area contributed by atoms with Crippen LogP contribution in [0, 0.1) is 0 Å². The van der Waals surface area contributed by atoms with Gasteiger partial charge in [0, 0.05) is 6.54 Å². The second kappa shape index (κ2) is 6.12. The number of thiocarbonyl (C=S) groups is 1. The lowest BCUT2D eigenvalue weighted by atomic mass is 10.1. The number of anilines is 1. The third-order valence-electron chi connectivity index (χ3n) is 2.56. The first-order valence-electron chi connectivity index (χ1n) is 5.80. The largest absolute Gasteiger partial charge is 0.388 e. The van der Waals surface area contributed by atoms with Gasteiger partial charge >= 0.3 is 0 Å². The van der Waals surface area contributed by atoms with Crippen LogP contribution in [0.1, 0.15) is 11.3 Å². The minimum Gasteiger partial charge on any atom is -0.388 e. The zero-order chi connectivity index (χ0) is 12.8. The molecule has 0 saturated carbocycles. The molecule has 1 heterocycles. The molecule has 0 fully saturated rings. The van der Waals surface area contributed by atoms with Gasteiger partial charge in [0.2, 0.25) is 0 Å². The van der Waals surface area contributed by atoms with Crippen molar-refractivity contribution in [2.45, 2.75) is 6.42 Å². The molecular weight excluding hydrogens is 242 g/mol. The van der Waals surface area contributed by atoms with Crippen LogP contribution in [0.15, 0.2) is 48.5 Å². The number of nitrogens with zero attached hydrogens (tertiary/aromatic N) is 1. The average molecular weight is 257 g/mol. The van der Waals surface area contributed by atoms with Gasteiger partial charge in [0.05, 0.1) is 5.69 Å². The summed E-state index contributed by atoms with van der Waals surface area (Å²) in [6.45, 7) is 0.831. The molecule has 2 rings (SSSR count). The van der Waals surface area contributed by atoms with Gasteiger partial charge in [-0.3, -0.25) is 0 Å². The highest BCUT2D eigenvalue weighted by Crippen LogP contribution is 2.06. The molecule has 0 aliphatic rings. The Morgan fingerprint density at radius 1 is 1.11 bits per heavy atom. The SMILES string of the molecule is NC(=S)c1cccc(NCCc2ccccc2)n1. The molecule has 92 valence electrons. The summed E-state index contributed by atoms with van der Waals surface area (Å²) < 4.78 is 0. The van der Waals surface area contributed by atoms with E-state index in [0.29, 0.717) is 10.7 Å². The molecule has 0 atom stereocenters. The van der Waals surface area contributed by atoms with E-state index in [1.807, 2.05) is 36.4 Å². The summed E-state index contributed by atoms with van der Waals surface area (Å²) in [5.74, 6) is 0.802. The second-order valence-electron chi connectivity index (χ2n) is 3.93. The monoisotopic (exact) mass is 257 g/mol. The first-order valence-corrected chi connectivity index (χ1v) is 6.21. The van der Waals surface area contributed by atoms with Crippen LogP contribution in [0.25, 0.3) is 0 Å². The summed E-state index contributed by atoms with van der Waals surface area (Å²) in [7, 11) is 0. The summed E-state index contributed by atoms with van der Waals surface area (Å²) in [5.41, 5.74) is 7.49. The summed E-state index contributed by atoms with van der Waals surface area (Å²) in [4.78, 5) is 4.65. The minimum absolute atomic E-state index is 0.321. The number of hydrogen-bond acceptors (Lipinski definition) is 3. The van der Waals surface area contributed by atoms with Crippen molar-refractivity contribution in [2.24, 2.45) is 5.73 Å². The van der Waals surface area contributed by atoms with E-state index in [0.717, 1.165) is 18.8 Å². The third kappa shape index (κ3) is 3.53. The predicted molar refractivity (Wildman–Crippen MR) is 78.8 cm³/mol. The molecule has 0 radical (unpaired) electrons. The van der Waals surface area contributed by atoms with Crippen LogP contribution in [0.2, 0.25) is 0 Å². The van der Waals surface area contributed by atoms with Crippen molar-refractivity contribution in [2.75, 3.05) is 11.9 Å². The van der Waals surface area contributed by atoms with E-state index < -0.39 is 0 Å². The molecule has 0 spiro atoms. The summed E-state index contributed by atoms with van der Waals surface area (Å²) >= 11 is 4.90. The zero-order valence-electron chi connectivity index (χ0n) is 9.97. The number of hydrogen-bond donors (Lipinski definition) is 2. The summed E-state index contributed by atoms with van der Waals surface area (Å²) in [6, 6.07) is 15.9. The molecule has 2 aromatic rings. The Hall–Kier alpha value is -1.94. The lowest BCUT2D eigenvalue weighted by Crippen LogP contribution is -2.13. The van der Waals surface area contributed by atoms with Gasteiger partial charge in [-0.25, -0.2) is 4.98 Å². The molecule has 0 aliphatic heterocycles. The van der Waals surface area contributed by atoms with Crippen LogP contribution in [0.3, 0.4) is 0 Å². The van der Waals surface area contributed by atoms with Gasteiger partial charge in [-0.05, 0) is 24.1 Å². The van der Waals surface area contributed by atoms with Crippen molar-refractivity contribution >= 4 is 23.0 Å². The Kier molecular flexibility index (Phi) is 4.25. The molecular formula is C14H15N3S. The van der Waals surface area contributed by atoms with Crippen molar-refractivity contribution in [1.29, 1.82) is 0 Å². The number of pyridine rings is 1. The zero-order valence-corrected chi connectivity index (χ0v) is 10.8. The maximum Gasteiger partial charge on any atom is 0.126 e. The second-order valence-corrected chi connectivity index (χ2v) is 4.37. The van der Waals surface area contributed by atoms with Crippen LogP contribution in [-0.2, 0) is 6.42 Å². The number of benzene rings is 1. The Balaban J connectivity index is 1.90. The average Bonchev–Trinajstić information content (AvgIpc) is 2.40. The van der Waals surface area contributed by atoms with Crippen LogP contribution >= 0.6 is 12.2 Å². The van der Waals surface area contributed by atoms with Crippen LogP contribution < -0.4 is 11.1 Å². The fraction of sp³-hybridized carbons (Fsp3) is 0.143. The highest BCUT2D eigenvalue weighted by atomic mass is 32.1. The fourth-order valence-corrected chi connectivity index (χ4v) is 1.76. The van der Waals surface area contributed by atoms with E-state index in [9.17, 15) is 0 Å². The Morgan fingerprint density at radius 3 is 2.61 bits per heavy atom. The molecule has 4 heteroatoms.